The largest absolute Gasteiger partial charge is 0.481 e. The smallest absolute Gasteiger partial charge is 0.323 e. The Labute approximate surface area is 175 Å². The molecule has 2 rings (SSSR count). The van der Waals surface area contributed by atoms with E-state index < -0.39 is 5.97 Å². The normalized spacial score (nSPS) is 19.6. The first-order valence-electron chi connectivity index (χ1n) is 9.84. The first kappa shape index (κ1) is 23.0. The van der Waals surface area contributed by atoms with Gasteiger partial charge < -0.3 is 14.7 Å². The summed E-state index contributed by atoms with van der Waals surface area (Å²) in [6.07, 6.45) is 6.24. The lowest BCUT2D eigenvalue weighted by Crippen LogP contribution is -2.46. The number of carbonyl (C=O) groups is 2. The molecule has 1 saturated carbocycles. The number of amides is 2. The number of carbonyl (C=O) groups excluding carboxylic acids is 1. The van der Waals surface area contributed by atoms with Crippen LogP contribution in [0.15, 0.2) is 10.4 Å². The SMILES string of the molecule is CC(C)OCCN(C(=O)Nc1ncc(SCCC(=O)O)s1)[C@H]1CC[C@H](C)CC1. The Balaban J connectivity index is 1.93. The molecule has 2 N–H and O–H groups in total. The van der Waals surface area contributed by atoms with Gasteiger partial charge in [-0.25, -0.2) is 9.78 Å². The van der Waals surface area contributed by atoms with Crippen molar-refractivity contribution in [2.24, 2.45) is 5.92 Å². The van der Waals surface area contributed by atoms with E-state index in [1.54, 1.807) is 6.20 Å². The maximum atomic E-state index is 12.9. The molecule has 9 heteroatoms. The molecule has 158 valence electrons. The van der Waals surface area contributed by atoms with Crippen LogP contribution in [0.1, 0.15) is 52.9 Å². The highest BCUT2D eigenvalue weighted by Crippen LogP contribution is 2.30. The van der Waals surface area contributed by atoms with E-state index in [2.05, 4.69) is 17.2 Å². The number of aliphatic carboxylic acids is 1. The minimum Gasteiger partial charge on any atom is -0.481 e. The van der Waals surface area contributed by atoms with Crippen molar-refractivity contribution in [2.45, 2.75) is 69.2 Å². The van der Waals surface area contributed by atoms with Gasteiger partial charge in [-0.3, -0.25) is 10.1 Å². The third-order valence-electron chi connectivity index (χ3n) is 4.73. The molecule has 7 nitrogen and oxygen atoms in total. The molecule has 2 amide bonds. The number of rotatable bonds is 10. The second kappa shape index (κ2) is 11.6. The maximum Gasteiger partial charge on any atom is 0.323 e. The second-order valence-electron chi connectivity index (χ2n) is 7.43. The third-order valence-corrected chi connectivity index (χ3v) is 6.84. The van der Waals surface area contributed by atoms with Crippen LogP contribution in [-0.4, -0.2) is 58.0 Å². The summed E-state index contributed by atoms with van der Waals surface area (Å²) < 4.78 is 6.57. The standard InChI is InChI=1S/C19H31N3O4S2/c1-13(2)26-10-9-22(15-6-4-14(3)5-7-15)19(25)21-18-20-12-17(28-18)27-11-8-16(23)24/h12-15H,4-11H2,1-3H3,(H,23,24)(H,20,21,25)/t14-,15-. The van der Waals surface area contributed by atoms with Gasteiger partial charge in [-0.05, 0) is 45.4 Å². The molecule has 1 heterocycles. The number of urea groups is 1. The number of hydrogen-bond acceptors (Lipinski definition) is 6. The van der Waals surface area contributed by atoms with Crippen molar-refractivity contribution in [3.63, 3.8) is 0 Å². The Morgan fingerprint density at radius 1 is 1.39 bits per heavy atom. The molecule has 1 aromatic heterocycles. The van der Waals surface area contributed by atoms with Crippen LogP contribution in [0.4, 0.5) is 9.93 Å². The molecule has 0 radical (unpaired) electrons. The van der Waals surface area contributed by atoms with Gasteiger partial charge in [0.05, 0.1) is 29.5 Å². The van der Waals surface area contributed by atoms with Crippen LogP contribution in [0, 0.1) is 5.92 Å². The Kier molecular flexibility index (Phi) is 9.53. The number of carboxylic acid groups (broad SMARTS) is 1. The third kappa shape index (κ3) is 7.97. The number of thioether (sulfide) groups is 1. The zero-order chi connectivity index (χ0) is 20.5. The molecule has 28 heavy (non-hydrogen) atoms. The van der Waals surface area contributed by atoms with Gasteiger partial charge in [0.1, 0.15) is 0 Å². The molecule has 1 aliphatic rings. The Bertz CT molecular complexity index is 630. The van der Waals surface area contributed by atoms with Crippen LogP contribution >= 0.6 is 23.1 Å². The number of nitrogens with zero attached hydrogens (tertiary/aromatic N) is 2. The summed E-state index contributed by atoms with van der Waals surface area (Å²) in [5.74, 6) is 0.396. The van der Waals surface area contributed by atoms with Gasteiger partial charge >= 0.3 is 12.0 Å². The van der Waals surface area contributed by atoms with Gasteiger partial charge in [0, 0.05) is 18.3 Å². The lowest BCUT2D eigenvalue weighted by atomic mass is 9.86. The highest BCUT2D eigenvalue weighted by Gasteiger charge is 2.28. The summed E-state index contributed by atoms with van der Waals surface area (Å²) in [4.78, 5) is 29.7. The Hall–Kier alpha value is -1.32. The Morgan fingerprint density at radius 3 is 2.75 bits per heavy atom. The van der Waals surface area contributed by atoms with Gasteiger partial charge in [0.25, 0.3) is 0 Å². The fraction of sp³-hybridized carbons (Fsp3) is 0.737. The van der Waals surface area contributed by atoms with Crippen molar-refractivity contribution < 1.29 is 19.4 Å². The average Bonchev–Trinajstić information content (AvgIpc) is 3.06. The highest BCUT2D eigenvalue weighted by atomic mass is 32.2. The van der Waals surface area contributed by atoms with Crippen molar-refractivity contribution in [1.82, 2.24) is 9.88 Å². The van der Waals surface area contributed by atoms with E-state index in [0.717, 1.165) is 35.8 Å². The molecule has 1 fully saturated rings. The fourth-order valence-corrected chi connectivity index (χ4v) is 5.04. The van der Waals surface area contributed by atoms with Crippen molar-refractivity contribution in [3.05, 3.63) is 6.20 Å². The van der Waals surface area contributed by atoms with Gasteiger partial charge in [-0.1, -0.05) is 18.3 Å². The predicted octanol–water partition coefficient (Wildman–Crippen LogP) is 4.55. The van der Waals surface area contributed by atoms with Crippen LogP contribution in [0.3, 0.4) is 0 Å². The van der Waals surface area contributed by atoms with E-state index in [-0.39, 0.29) is 24.6 Å². The van der Waals surface area contributed by atoms with E-state index in [4.69, 9.17) is 9.84 Å². The predicted molar refractivity (Wildman–Crippen MR) is 113 cm³/mol. The molecule has 0 aromatic carbocycles. The zero-order valence-electron chi connectivity index (χ0n) is 16.8. The molecule has 1 aromatic rings. The van der Waals surface area contributed by atoms with Crippen LogP contribution < -0.4 is 5.32 Å². The molecule has 0 saturated heterocycles. The fourth-order valence-electron chi connectivity index (χ4n) is 3.18. The number of hydrogen-bond donors (Lipinski definition) is 2. The van der Waals surface area contributed by atoms with Crippen LogP contribution in [0.5, 0.6) is 0 Å². The lowest BCUT2D eigenvalue weighted by molar-refractivity contribution is -0.136. The van der Waals surface area contributed by atoms with Gasteiger partial charge in [0.2, 0.25) is 0 Å². The number of carboxylic acids is 1. The number of nitrogens with one attached hydrogen (secondary N) is 1. The maximum absolute atomic E-state index is 12.9. The summed E-state index contributed by atoms with van der Waals surface area (Å²) in [6, 6.07) is 0.0969. The van der Waals surface area contributed by atoms with E-state index in [1.807, 2.05) is 18.7 Å². The molecule has 0 atom stereocenters. The minimum atomic E-state index is -0.813. The topological polar surface area (TPSA) is 91.8 Å². The van der Waals surface area contributed by atoms with Gasteiger partial charge in [0.15, 0.2) is 5.13 Å². The van der Waals surface area contributed by atoms with Crippen molar-refractivity contribution >= 4 is 40.2 Å². The van der Waals surface area contributed by atoms with Crippen LogP contribution in [0.25, 0.3) is 0 Å². The van der Waals surface area contributed by atoms with E-state index in [9.17, 15) is 9.59 Å². The quantitative estimate of drug-likeness (QED) is 0.530. The van der Waals surface area contributed by atoms with Crippen LogP contribution in [0.2, 0.25) is 0 Å². The van der Waals surface area contributed by atoms with E-state index in [0.29, 0.717) is 24.0 Å². The summed E-state index contributed by atoms with van der Waals surface area (Å²) in [5.41, 5.74) is 0. The molecule has 0 unspecified atom stereocenters. The molecule has 0 spiro atoms. The van der Waals surface area contributed by atoms with E-state index >= 15 is 0 Å². The van der Waals surface area contributed by atoms with Gasteiger partial charge in [-0.15, -0.1) is 11.8 Å². The number of ether oxygens (including phenoxy) is 1. The van der Waals surface area contributed by atoms with Crippen molar-refractivity contribution in [1.29, 1.82) is 0 Å². The second-order valence-corrected chi connectivity index (χ2v) is 9.86. The summed E-state index contributed by atoms with van der Waals surface area (Å²) >= 11 is 2.82. The van der Waals surface area contributed by atoms with E-state index in [1.165, 1.54) is 23.1 Å². The number of aromatic nitrogens is 1. The minimum absolute atomic E-state index is 0.105. The molecular weight excluding hydrogens is 398 g/mol. The average molecular weight is 430 g/mol. The summed E-state index contributed by atoms with van der Waals surface area (Å²) in [5, 5.41) is 12.2. The monoisotopic (exact) mass is 429 g/mol. The first-order valence-corrected chi connectivity index (χ1v) is 11.6. The van der Waals surface area contributed by atoms with Crippen molar-refractivity contribution in [2.75, 3.05) is 24.2 Å². The Morgan fingerprint density at radius 2 is 2.11 bits per heavy atom. The van der Waals surface area contributed by atoms with Crippen LogP contribution in [-0.2, 0) is 9.53 Å². The summed E-state index contributed by atoms with van der Waals surface area (Å²) in [6.45, 7) is 7.33. The van der Waals surface area contributed by atoms with Gasteiger partial charge in [-0.2, -0.15) is 0 Å². The highest BCUT2D eigenvalue weighted by molar-refractivity contribution is 8.01. The first-order chi connectivity index (χ1) is 13.3. The molecule has 0 aliphatic heterocycles. The summed E-state index contributed by atoms with van der Waals surface area (Å²) in [7, 11) is 0. The molecule has 0 bridgehead atoms. The number of anilines is 1. The molecular formula is C19H31N3O4S2. The molecule has 1 aliphatic carbocycles. The number of thiazole rings is 1. The zero-order valence-corrected chi connectivity index (χ0v) is 18.5. The van der Waals surface area contributed by atoms with Crippen molar-refractivity contribution in [3.8, 4) is 0 Å². The lowest BCUT2D eigenvalue weighted by Gasteiger charge is -2.36.